The molecule has 0 spiro atoms. The van der Waals surface area contributed by atoms with Crippen molar-refractivity contribution in [3.63, 3.8) is 0 Å². The van der Waals surface area contributed by atoms with Gasteiger partial charge in [0, 0.05) is 28.6 Å². The third-order valence-corrected chi connectivity index (χ3v) is 5.60. The minimum absolute atomic E-state index is 0.0239. The maximum atomic E-state index is 12.9. The molecule has 2 fully saturated rings. The Morgan fingerprint density at radius 3 is 2.24 bits per heavy atom. The number of amides is 5. The second-order valence-corrected chi connectivity index (χ2v) is 8.22. The number of hydrazine groups is 1. The van der Waals surface area contributed by atoms with Gasteiger partial charge >= 0.3 is 12.1 Å². The van der Waals surface area contributed by atoms with Gasteiger partial charge in [-0.05, 0) is 55.0 Å². The van der Waals surface area contributed by atoms with Gasteiger partial charge in [0.15, 0.2) is 0 Å². The molecule has 2 aromatic rings. The van der Waals surface area contributed by atoms with E-state index in [2.05, 4.69) is 10.6 Å². The largest absolute Gasteiger partial charge is 0.389 e. The molecule has 0 radical (unpaired) electrons. The minimum atomic E-state index is -0.872. The molecule has 0 saturated carbocycles. The Kier molecular flexibility index (Phi) is 6.68. The summed E-state index contributed by atoms with van der Waals surface area (Å²) in [5.41, 5.74) is 2.57. The normalized spacial score (nSPS) is 18.5. The van der Waals surface area contributed by atoms with Crippen molar-refractivity contribution in [2.24, 2.45) is 0 Å². The standard InChI is InChI=1S/C22H24ClN5O5/c1-14-10-17(6-7-19(14)26-8-9-33-13-20(26)30)25-22(32)28-12-18(29)11-27(28)21(31)24-16-4-2-15(23)3-5-16/h2-7,10,18,29H,8-9,11-13H2,1H3,(H,24,31)(H,25,32). The monoisotopic (exact) mass is 473 g/mol. The fraction of sp³-hybridized carbons (Fsp3) is 0.318. The van der Waals surface area contributed by atoms with E-state index in [1.165, 1.54) is 0 Å². The first-order chi connectivity index (χ1) is 15.8. The Hall–Kier alpha value is -3.34. The molecule has 3 N–H and O–H groups in total. The van der Waals surface area contributed by atoms with Gasteiger partial charge in [-0.2, -0.15) is 0 Å². The predicted molar refractivity (Wildman–Crippen MR) is 123 cm³/mol. The van der Waals surface area contributed by atoms with Crippen LogP contribution in [0, 0.1) is 6.92 Å². The Labute approximate surface area is 195 Å². The summed E-state index contributed by atoms with van der Waals surface area (Å²) in [5.74, 6) is -0.116. The van der Waals surface area contributed by atoms with E-state index >= 15 is 0 Å². The van der Waals surface area contributed by atoms with Gasteiger partial charge in [-0.15, -0.1) is 0 Å². The van der Waals surface area contributed by atoms with Crippen LogP contribution in [0.3, 0.4) is 0 Å². The summed E-state index contributed by atoms with van der Waals surface area (Å²) >= 11 is 5.87. The molecule has 0 aromatic heterocycles. The van der Waals surface area contributed by atoms with Gasteiger partial charge in [0.05, 0.1) is 25.8 Å². The molecule has 11 heteroatoms. The number of aliphatic hydroxyl groups excluding tert-OH is 1. The number of anilines is 3. The zero-order chi connectivity index (χ0) is 23.5. The first-order valence-electron chi connectivity index (χ1n) is 10.4. The van der Waals surface area contributed by atoms with E-state index in [-0.39, 0.29) is 25.6 Å². The molecule has 2 aromatic carbocycles. The van der Waals surface area contributed by atoms with Gasteiger partial charge in [0.2, 0.25) is 0 Å². The number of rotatable bonds is 3. The van der Waals surface area contributed by atoms with Gasteiger partial charge in [0.1, 0.15) is 6.61 Å². The lowest BCUT2D eigenvalue weighted by molar-refractivity contribution is -0.125. The van der Waals surface area contributed by atoms with Crippen LogP contribution in [0.15, 0.2) is 42.5 Å². The molecule has 2 aliphatic heterocycles. The number of nitrogens with zero attached hydrogens (tertiary/aromatic N) is 3. The van der Waals surface area contributed by atoms with E-state index in [1.54, 1.807) is 47.4 Å². The number of morpholine rings is 1. The minimum Gasteiger partial charge on any atom is -0.389 e. The highest BCUT2D eigenvalue weighted by atomic mass is 35.5. The van der Waals surface area contributed by atoms with Crippen LogP contribution in [0.1, 0.15) is 5.56 Å². The Bertz CT molecular complexity index is 1060. The Balaban J connectivity index is 1.44. The second kappa shape index (κ2) is 9.65. The number of ether oxygens (including phenoxy) is 1. The molecular weight excluding hydrogens is 450 g/mol. The third-order valence-electron chi connectivity index (χ3n) is 5.35. The number of β-amino-alcohol motifs (C(OH)–C–C–N with tert-alkyl or cyclic N) is 1. The van der Waals surface area contributed by atoms with Crippen LogP contribution in [0.4, 0.5) is 26.7 Å². The summed E-state index contributed by atoms with van der Waals surface area (Å²) in [6.07, 6.45) is -0.872. The summed E-state index contributed by atoms with van der Waals surface area (Å²) in [4.78, 5) is 39.4. The van der Waals surface area contributed by atoms with Crippen molar-refractivity contribution in [2.45, 2.75) is 13.0 Å². The number of hydrogen-bond acceptors (Lipinski definition) is 5. The first kappa shape index (κ1) is 22.8. The molecule has 2 saturated heterocycles. The number of carbonyl (C=O) groups excluding carboxylic acids is 3. The highest BCUT2D eigenvalue weighted by molar-refractivity contribution is 6.30. The van der Waals surface area contributed by atoms with E-state index in [9.17, 15) is 19.5 Å². The summed E-state index contributed by atoms with van der Waals surface area (Å²) in [6.45, 7) is 2.77. The van der Waals surface area contributed by atoms with Crippen molar-refractivity contribution in [3.8, 4) is 0 Å². The molecule has 2 aliphatic rings. The maximum absolute atomic E-state index is 12.9. The quantitative estimate of drug-likeness (QED) is 0.634. The van der Waals surface area contributed by atoms with Gasteiger partial charge < -0.3 is 25.4 Å². The number of benzene rings is 2. The van der Waals surface area contributed by atoms with E-state index in [0.717, 1.165) is 21.3 Å². The van der Waals surface area contributed by atoms with Crippen LogP contribution < -0.4 is 15.5 Å². The van der Waals surface area contributed by atoms with Crippen molar-refractivity contribution >= 4 is 46.6 Å². The van der Waals surface area contributed by atoms with E-state index in [4.69, 9.17) is 16.3 Å². The van der Waals surface area contributed by atoms with Crippen LogP contribution in [-0.4, -0.2) is 72.0 Å². The molecule has 5 amide bonds. The van der Waals surface area contributed by atoms with Gasteiger partial charge in [-0.1, -0.05) is 11.6 Å². The van der Waals surface area contributed by atoms with Gasteiger partial charge in [-0.25, -0.2) is 19.6 Å². The molecule has 4 rings (SSSR count). The lowest BCUT2D eigenvalue weighted by Crippen LogP contribution is -2.48. The average molecular weight is 474 g/mol. The first-order valence-corrected chi connectivity index (χ1v) is 10.8. The Morgan fingerprint density at radius 2 is 1.64 bits per heavy atom. The Morgan fingerprint density at radius 1 is 1.03 bits per heavy atom. The number of aryl methyl sites for hydroxylation is 1. The summed E-state index contributed by atoms with van der Waals surface area (Å²) in [5, 5.41) is 18.4. The lowest BCUT2D eigenvalue weighted by atomic mass is 10.1. The van der Waals surface area contributed by atoms with Crippen molar-refractivity contribution in [1.29, 1.82) is 0 Å². The van der Waals surface area contributed by atoms with E-state index in [0.29, 0.717) is 29.5 Å². The van der Waals surface area contributed by atoms with E-state index in [1.807, 2.05) is 6.92 Å². The summed E-state index contributed by atoms with van der Waals surface area (Å²) < 4.78 is 5.17. The lowest BCUT2D eigenvalue weighted by Gasteiger charge is -2.29. The van der Waals surface area contributed by atoms with Crippen LogP contribution in [0.25, 0.3) is 0 Å². The molecule has 0 bridgehead atoms. The summed E-state index contributed by atoms with van der Waals surface area (Å²) in [6, 6.07) is 10.6. The fourth-order valence-corrected chi connectivity index (χ4v) is 3.88. The topological polar surface area (TPSA) is 114 Å². The maximum Gasteiger partial charge on any atom is 0.340 e. The third kappa shape index (κ3) is 5.19. The van der Waals surface area contributed by atoms with Crippen LogP contribution in [0.5, 0.6) is 0 Å². The molecule has 0 aliphatic carbocycles. The SMILES string of the molecule is Cc1cc(NC(=O)N2CC(O)CN2C(=O)Nc2ccc(Cl)cc2)ccc1N1CCOCC1=O. The predicted octanol–water partition coefficient (Wildman–Crippen LogP) is 2.67. The zero-order valence-corrected chi connectivity index (χ0v) is 18.7. The molecule has 2 heterocycles. The van der Waals surface area contributed by atoms with Crippen LogP contribution in [-0.2, 0) is 9.53 Å². The number of hydrogen-bond donors (Lipinski definition) is 3. The number of aliphatic hydroxyl groups is 1. The van der Waals surface area contributed by atoms with Crippen molar-refractivity contribution in [3.05, 3.63) is 53.1 Å². The average Bonchev–Trinajstić information content (AvgIpc) is 3.18. The van der Waals surface area contributed by atoms with E-state index < -0.39 is 18.2 Å². The molecule has 33 heavy (non-hydrogen) atoms. The van der Waals surface area contributed by atoms with Crippen molar-refractivity contribution in [2.75, 3.05) is 48.4 Å². The summed E-state index contributed by atoms with van der Waals surface area (Å²) in [7, 11) is 0. The van der Waals surface area contributed by atoms with Crippen molar-refractivity contribution in [1.82, 2.24) is 10.0 Å². The molecule has 1 atom stereocenters. The molecule has 10 nitrogen and oxygen atoms in total. The fourth-order valence-electron chi connectivity index (χ4n) is 3.76. The second-order valence-electron chi connectivity index (χ2n) is 7.78. The molecule has 174 valence electrons. The number of carbonyl (C=O) groups is 3. The van der Waals surface area contributed by atoms with Crippen LogP contribution in [0.2, 0.25) is 5.02 Å². The number of halogens is 1. The number of urea groups is 2. The van der Waals surface area contributed by atoms with Gasteiger partial charge in [-0.3, -0.25) is 4.79 Å². The highest BCUT2D eigenvalue weighted by Crippen LogP contribution is 2.26. The zero-order valence-electron chi connectivity index (χ0n) is 18.0. The van der Waals surface area contributed by atoms with Gasteiger partial charge in [0.25, 0.3) is 5.91 Å². The number of nitrogens with one attached hydrogen (secondary N) is 2. The molecular formula is C22H24ClN5O5. The smallest absolute Gasteiger partial charge is 0.340 e. The van der Waals surface area contributed by atoms with Crippen LogP contribution >= 0.6 is 11.6 Å². The van der Waals surface area contributed by atoms with Crippen molar-refractivity contribution < 1.29 is 24.2 Å². The highest BCUT2D eigenvalue weighted by Gasteiger charge is 2.36. The molecule has 1 unspecified atom stereocenters.